The maximum absolute atomic E-state index is 12.4. The second kappa shape index (κ2) is 11.7. The Hall–Kier alpha value is -2.55. The third-order valence-electron chi connectivity index (χ3n) is 5.42. The number of carbonyl (C=O) groups excluding carboxylic acids is 1. The van der Waals surface area contributed by atoms with E-state index >= 15 is 0 Å². The number of aryl methyl sites for hydroxylation is 1. The average Bonchev–Trinajstić information content (AvgIpc) is 3.25. The summed E-state index contributed by atoms with van der Waals surface area (Å²) in [5, 5.41) is 11.8. The molecule has 2 N–H and O–H groups in total. The largest absolute Gasteiger partial charge is 0.391 e. The highest BCUT2D eigenvalue weighted by Gasteiger charge is 2.27. The first-order valence-electron chi connectivity index (χ1n) is 10.9. The van der Waals surface area contributed by atoms with Crippen molar-refractivity contribution in [3.05, 3.63) is 58.6 Å². The molecule has 1 fully saturated rings. The van der Waals surface area contributed by atoms with Crippen molar-refractivity contribution in [2.24, 2.45) is 5.92 Å². The normalized spacial score (nSPS) is 19.3. The fraction of sp³-hybridized carbons (Fsp3) is 0.522. The van der Waals surface area contributed by atoms with Crippen LogP contribution in [0.4, 0.5) is 5.82 Å². The van der Waals surface area contributed by atoms with E-state index in [1.54, 1.807) is 6.07 Å². The Kier molecular flexibility index (Phi) is 8.75. The molecule has 1 aromatic carbocycles. The molecule has 3 atom stereocenters. The highest BCUT2D eigenvalue weighted by molar-refractivity contribution is 5.91. The van der Waals surface area contributed by atoms with E-state index in [0.29, 0.717) is 0 Å². The van der Waals surface area contributed by atoms with Crippen LogP contribution in [0.5, 0.6) is 0 Å². The van der Waals surface area contributed by atoms with E-state index in [1.807, 2.05) is 13.0 Å². The Morgan fingerprint density at radius 2 is 2.00 bits per heavy atom. The van der Waals surface area contributed by atoms with Crippen molar-refractivity contribution in [3.63, 3.8) is 0 Å². The summed E-state index contributed by atoms with van der Waals surface area (Å²) < 4.78 is 11.9. The fourth-order valence-electron chi connectivity index (χ4n) is 3.54. The predicted octanol–water partition coefficient (Wildman–Crippen LogP) is 2.87. The van der Waals surface area contributed by atoms with Gasteiger partial charge in [0.2, 0.25) is 5.91 Å². The number of ether oxygens (including phenoxy) is 2. The molecule has 1 aliphatic heterocycles. The maximum Gasteiger partial charge on any atom is 0.351 e. The molecule has 0 bridgehead atoms. The third-order valence-corrected chi connectivity index (χ3v) is 5.42. The summed E-state index contributed by atoms with van der Waals surface area (Å²) in [5.41, 5.74) is 0.820. The molecule has 1 saturated heterocycles. The predicted molar refractivity (Wildman–Crippen MR) is 116 cm³/mol. The topological polar surface area (TPSA) is 103 Å². The number of benzene rings is 1. The number of aliphatic hydroxyl groups is 1. The number of nitrogens with zero attached hydrogens (tertiary/aromatic N) is 2. The van der Waals surface area contributed by atoms with Crippen molar-refractivity contribution >= 4 is 11.7 Å². The molecule has 2 aromatic rings. The van der Waals surface area contributed by atoms with E-state index < -0.39 is 18.2 Å². The first kappa shape index (κ1) is 23.1. The van der Waals surface area contributed by atoms with Crippen molar-refractivity contribution in [2.45, 2.75) is 58.0 Å². The first-order valence-corrected chi connectivity index (χ1v) is 10.9. The van der Waals surface area contributed by atoms with Gasteiger partial charge in [-0.1, -0.05) is 56.5 Å². The lowest BCUT2D eigenvalue weighted by molar-refractivity contribution is -0.119. The van der Waals surface area contributed by atoms with Gasteiger partial charge in [-0.15, -0.1) is 0 Å². The lowest BCUT2D eigenvalue weighted by atomic mass is 10.0. The second-order valence-corrected chi connectivity index (χ2v) is 7.87. The number of hydrogen-bond acceptors (Lipinski definition) is 6. The molecule has 3 rings (SSSR count). The molecule has 1 amide bonds. The van der Waals surface area contributed by atoms with Crippen LogP contribution in [0.1, 0.15) is 50.8 Å². The van der Waals surface area contributed by atoms with E-state index in [0.717, 1.165) is 38.5 Å². The number of nitrogens with one attached hydrogen (secondary N) is 1. The van der Waals surface area contributed by atoms with E-state index in [4.69, 9.17) is 14.6 Å². The van der Waals surface area contributed by atoms with E-state index in [1.165, 1.54) is 16.3 Å². The Morgan fingerprint density at radius 1 is 1.23 bits per heavy atom. The highest BCUT2D eigenvalue weighted by Crippen LogP contribution is 2.19. The lowest BCUT2D eigenvalue weighted by Crippen LogP contribution is -2.30. The van der Waals surface area contributed by atoms with Crippen LogP contribution >= 0.6 is 0 Å². The van der Waals surface area contributed by atoms with Crippen LogP contribution in [0.25, 0.3) is 0 Å². The minimum atomic E-state index is -0.740. The van der Waals surface area contributed by atoms with Crippen molar-refractivity contribution in [1.29, 1.82) is 0 Å². The number of unbranched alkanes of at least 4 members (excludes halogenated alkanes) is 3. The highest BCUT2D eigenvalue weighted by atomic mass is 16.7. The van der Waals surface area contributed by atoms with E-state index in [-0.39, 0.29) is 30.9 Å². The number of aliphatic hydroxyl groups excluding tert-OH is 1. The van der Waals surface area contributed by atoms with Crippen LogP contribution in [-0.4, -0.2) is 40.1 Å². The fourth-order valence-corrected chi connectivity index (χ4v) is 3.54. The SMILES string of the molecule is CC(CCCCCCc1ccccc1)C(=O)Nc1ccn(C2COC(CO)O2)c(=O)n1. The first-order chi connectivity index (χ1) is 15.1. The average molecular weight is 430 g/mol. The van der Waals surface area contributed by atoms with Gasteiger partial charge >= 0.3 is 5.69 Å². The van der Waals surface area contributed by atoms with Gasteiger partial charge in [-0.25, -0.2) is 4.79 Å². The summed E-state index contributed by atoms with van der Waals surface area (Å²) in [6.45, 7) is 1.76. The van der Waals surface area contributed by atoms with Crippen LogP contribution in [0.3, 0.4) is 0 Å². The maximum atomic E-state index is 12.4. The lowest BCUT2D eigenvalue weighted by Gasteiger charge is -2.14. The van der Waals surface area contributed by atoms with E-state index in [2.05, 4.69) is 34.6 Å². The van der Waals surface area contributed by atoms with Crippen LogP contribution in [0.15, 0.2) is 47.4 Å². The van der Waals surface area contributed by atoms with Crippen molar-refractivity contribution in [3.8, 4) is 0 Å². The third kappa shape index (κ3) is 6.99. The molecular formula is C23H31N3O5. The zero-order chi connectivity index (χ0) is 22.1. The number of rotatable bonds is 11. The van der Waals surface area contributed by atoms with Crippen LogP contribution in [0.2, 0.25) is 0 Å². The quantitative estimate of drug-likeness (QED) is 0.533. The summed E-state index contributed by atoms with van der Waals surface area (Å²) in [4.78, 5) is 28.6. The summed E-state index contributed by atoms with van der Waals surface area (Å²) >= 11 is 0. The van der Waals surface area contributed by atoms with Crippen LogP contribution in [-0.2, 0) is 20.7 Å². The molecular weight excluding hydrogens is 398 g/mol. The van der Waals surface area contributed by atoms with Gasteiger partial charge in [0.05, 0.1) is 13.2 Å². The Balaban J connectivity index is 1.37. The number of anilines is 1. The zero-order valence-corrected chi connectivity index (χ0v) is 17.9. The molecule has 31 heavy (non-hydrogen) atoms. The Morgan fingerprint density at radius 3 is 2.71 bits per heavy atom. The van der Waals surface area contributed by atoms with Gasteiger partial charge in [0.25, 0.3) is 0 Å². The van der Waals surface area contributed by atoms with E-state index in [9.17, 15) is 9.59 Å². The van der Waals surface area contributed by atoms with Gasteiger partial charge in [-0.3, -0.25) is 9.36 Å². The van der Waals surface area contributed by atoms with Crippen LogP contribution in [0, 0.1) is 5.92 Å². The summed E-state index contributed by atoms with van der Waals surface area (Å²) in [6, 6.07) is 12.0. The molecule has 0 spiro atoms. The van der Waals surface area contributed by atoms with Crippen molar-refractivity contribution in [1.82, 2.24) is 9.55 Å². The number of hydrogen-bond donors (Lipinski definition) is 2. The standard InChI is InChI=1S/C23H31N3O5/c1-17(9-5-2-3-6-10-18-11-7-4-8-12-18)22(28)24-19-13-14-26(23(29)25-19)20-16-30-21(15-27)31-20/h4,7-8,11-14,17,20-21,27H,2-3,5-6,9-10,15-16H2,1H3,(H,24,25,28,29). The molecule has 0 aliphatic carbocycles. The molecule has 8 nitrogen and oxygen atoms in total. The minimum Gasteiger partial charge on any atom is -0.391 e. The Bertz CT molecular complexity index is 886. The number of carbonyl (C=O) groups is 1. The summed E-state index contributed by atoms with van der Waals surface area (Å²) in [7, 11) is 0. The smallest absolute Gasteiger partial charge is 0.351 e. The Labute approximate surface area is 182 Å². The molecule has 1 aromatic heterocycles. The number of amides is 1. The number of aromatic nitrogens is 2. The second-order valence-electron chi connectivity index (χ2n) is 7.87. The molecule has 0 saturated carbocycles. The monoisotopic (exact) mass is 429 g/mol. The molecule has 0 radical (unpaired) electrons. The van der Waals surface area contributed by atoms with Crippen LogP contribution < -0.4 is 11.0 Å². The van der Waals surface area contributed by atoms with Crippen molar-refractivity contribution < 1.29 is 19.4 Å². The van der Waals surface area contributed by atoms with Gasteiger partial charge in [0, 0.05) is 12.1 Å². The van der Waals surface area contributed by atoms with Gasteiger partial charge in [0.15, 0.2) is 12.5 Å². The van der Waals surface area contributed by atoms with Gasteiger partial charge in [-0.05, 0) is 30.9 Å². The summed E-state index contributed by atoms with van der Waals surface area (Å²) in [6.07, 6.45) is 6.40. The van der Waals surface area contributed by atoms with Crippen molar-refractivity contribution in [2.75, 3.05) is 18.5 Å². The molecule has 8 heteroatoms. The molecule has 168 valence electrons. The summed E-state index contributed by atoms with van der Waals surface area (Å²) in [5.74, 6) is -0.0800. The van der Waals surface area contributed by atoms with Gasteiger partial charge < -0.3 is 19.9 Å². The minimum absolute atomic E-state index is 0.144. The zero-order valence-electron chi connectivity index (χ0n) is 17.9. The van der Waals surface area contributed by atoms with Gasteiger partial charge in [-0.2, -0.15) is 4.98 Å². The van der Waals surface area contributed by atoms with Gasteiger partial charge in [0.1, 0.15) is 5.82 Å². The molecule has 2 heterocycles. The molecule has 1 aliphatic rings. The molecule has 3 unspecified atom stereocenters.